The van der Waals surface area contributed by atoms with E-state index in [9.17, 15) is 19.2 Å². The van der Waals surface area contributed by atoms with Crippen molar-refractivity contribution in [3.63, 3.8) is 0 Å². The maximum Gasteiger partial charge on any atom is 0.305 e. The summed E-state index contributed by atoms with van der Waals surface area (Å²) in [4.78, 5) is 56.6. The first-order valence-electron chi connectivity index (χ1n) is 12.7. The number of carbonyl (C=O) groups is 3. The monoisotopic (exact) mass is 571 g/mol. The minimum Gasteiger partial charge on any atom is -0.484 e. The molecule has 202 valence electrons. The van der Waals surface area contributed by atoms with Crippen molar-refractivity contribution >= 4 is 52.2 Å². The Labute approximate surface area is 238 Å². The van der Waals surface area contributed by atoms with E-state index in [1.165, 1.54) is 16.7 Å². The van der Waals surface area contributed by atoms with Crippen LogP contribution in [0, 0.1) is 19.8 Å². The number of amides is 3. The van der Waals surface area contributed by atoms with Crippen molar-refractivity contribution in [3.8, 4) is 5.75 Å². The highest BCUT2D eigenvalue weighted by Gasteiger charge is 2.56. The predicted molar refractivity (Wildman–Crippen MR) is 155 cm³/mol. The van der Waals surface area contributed by atoms with Crippen molar-refractivity contribution in [2.45, 2.75) is 30.0 Å². The van der Waals surface area contributed by atoms with E-state index in [0.29, 0.717) is 22.2 Å². The van der Waals surface area contributed by atoms with Crippen LogP contribution in [0.4, 0.5) is 11.4 Å². The number of ether oxygens (including phenoxy) is 1. The molecule has 2 unspecified atom stereocenters. The van der Waals surface area contributed by atoms with Gasteiger partial charge in [-0.1, -0.05) is 65.1 Å². The van der Waals surface area contributed by atoms with Crippen LogP contribution in [0.15, 0.2) is 82.6 Å². The van der Waals surface area contributed by atoms with E-state index in [1.807, 2.05) is 62.4 Å². The Morgan fingerprint density at radius 3 is 2.42 bits per heavy atom. The maximum absolute atomic E-state index is 13.8. The summed E-state index contributed by atoms with van der Waals surface area (Å²) in [5.74, 6) is -1.50. The fourth-order valence-corrected chi connectivity index (χ4v) is 7.68. The number of anilines is 2. The first-order valence-corrected chi connectivity index (χ1v) is 14.4. The Balaban J connectivity index is 1.24. The summed E-state index contributed by atoms with van der Waals surface area (Å²) in [6, 6.07) is 21.9. The number of thioether (sulfide) groups is 1. The van der Waals surface area contributed by atoms with Crippen LogP contribution in [0.3, 0.4) is 0 Å². The van der Waals surface area contributed by atoms with Gasteiger partial charge in [0.05, 0.1) is 16.6 Å². The molecule has 0 radical (unpaired) electrons. The molecule has 0 saturated carbocycles. The molecule has 0 bridgehead atoms. The summed E-state index contributed by atoms with van der Waals surface area (Å²) in [7, 11) is 0. The van der Waals surface area contributed by atoms with Crippen LogP contribution in [0.5, 0.6) is 5.75 Å². The molecule has 3 amide bonds. The highest BCUT2D eigenvalue weighted by Crippen LogP contribution is 2.53. The summed E-state index contributed by atoms with van der Waals surface area (Å²) in [5.41, 5.74) is 4.10. The Kier molecular flexibility index (Phi) is 6.81. The molecule has 3 heterocycles. The molecule has 40 heavy (non-hydrogen) atoms. The quantitative estimate of drug-likeness (QED) is 0.320. The summed E-state index contributed by atoms with van der Waals surface area (Å²) in [5, 5.41) is 2.78. The molecule has 1 aromatic heterocycles. The normalized spacial score (nSPS) is 19.8. The number of aromatic nitrogens is 1. The first-order chi connectivity index (χ1) is 19.3. The van der Waals surface area contributed by atoms with Crippen molar-refractivity contribution in [2.75, 3.05) is 16.8 Å². The SMILES string of the molecule is Cc1ccc(N2C(=O)C3Sc4[nH]c(=O)sc4[C@H](c4ccc(OCC(=O)Nc5cccc(C)c5)cc4)C3C2=O)cc1. The topological polar surface area (TPSA) is 109 Å². The van der Waals surface area contributed by atoms with Crippen LogP contribution in [0.2, 0.25) is 0 Å². The lowest BCUT2D eigenvalue weighted by Crippen LogP contribution is -2.32. The standard InChI is InChI=1S/C30H25N3O5S2/c1-16-6-10-20(11-7-16)33-28(35)24-23(25-27(32-30(37)40-25)39-26(24)29(33)36)18-8-12-21(13-9-18)38-15-22(34)31-19-5-3-4-17(2)14-19/h3-14,23-24,26H,15H2,1-2H3,(H,31,34)(H,32,37)/t23-,24?,26?/m1/s1. The third-order valence-electron chi connectivity index (χ3n) is 7.03. The zero-order valence-electron chi connectivity index (χ0n) is 21.7. The van der Waals surface area contributed by atoms with Crippen LogP contribution >= 0.6 is 23.1 Å². The lowest BCUT2D eigenvalue weighted by atomic mass is 9.83. The van der Waals surface area contributed by atoms with Gasteiger partial charge in [-0.15, -0.1) is 0 Å². The van der Waals surface area contributed by atoms with E-state index in [4.69, 9.17) is 4.74 Å². The van der Waals surface area contributed by atoms with Gasteiger partial charge in [-0.05, 0) is 61.4 Å². The number of carbonyl (C=O) groups excluding carboxylic acids is 3. The molecule has 2 aliphatic rings. The molecular weight excluding hydrogens is 546 g/mol. The van der Waals surface area contributed by atoms with E-state index in [-0.39, 0.29) is 29.2 Å². The second kappa shape index (κ2) is 10.4. The summed E-state index contributed by atoms with van der Waals surface area (Å²) < 4.78 is 5.70. The molecule has 3 atom stereocenters. The second-order valence-electron chi connectivity index (χ2n) is 9.87. The van der Waals surface area contributed by atoms with Crippen LogP contribution < -0.4 is 19.8 Å². The van der Waals surface area contributed by atoms with Gasteiger partial charge in [-0.25, -0.2) is 4.90 Å². The van der Waals surface area contributed by atoms with Gasteiger partial charge in [0.15, 0.2) is 6.61 Å². The van der Waals surface area contributed by atoms with Crippen LogP contribution in [0.1, 0.15) is 27.5 Å². The molecule has 2 aliphatic heterocycles. The van der Waals surface area contributed by atoms with Crippen molar-refractivity contribution < 1.29 is 19.1 Å². The van der Waals surface area contributed by atoms with Gasteiger partial charge in [0.2, 0.25) is 11.8 Å². The smallest absolute Gasteiger partial charge is 0.305 e. The van der Waals surface area contributed by atoms with Crippen molar-refractivity contribution in [2.24, 2.45) is 5.92 Å². The Hall–Kier alpha value is -4.15. The third kappa shape index (κ3) is 4.84. The van der Waals surface area contributed by atoms with Crippen molar-refractivity contribution in [1.82, 2.24) is 4.98 Å². The Morgan fingerprint density at radius 1 is 0.950 bits per heavy atom. The average molecular weight is 572 g/mol. The van der Waals surface area contributed by atoms with E-state index in [1.54, 1.807) is 24.3 Å². The number of hydrogen-bond acceptors (Lipinski definition) is 7. The Morgan fingerprint density at radius 2 is 1.70 bits per heavy atom. The second-order valence-corrected chi connectivity index (χ2v) is 12.0. The molecule has 3 aromatic carbocycles. The molecule has 4 aromatic rings. The van der Waals surface area contributed by atoms with E-state index in [2.05, 4.69) is 10.3 Å². The molecule has 0 spiro atoms. The molecule has 2 N–H and O–H groups in total. The highest BCUT2D eigenvalue weighted by atomic mass is 32.2. The fourth-order valence-electron chi connectivity index (χ4n) is 5.16. The number of nitrogens with one attached hydrogen (secondary N) is 2. The number of rotatable bonds is 6. The van der Waals surface area contributed by atoms with Crippen LogP contribution in [-0.4, -0.2) is 34.6 Å². The van der Waals surface area contributed by atoms with Crippen molar-refractivity contribution in [1.29, 1.82) is 0 Å². The van der Waals surface area contributed by atoms with Gasteiger partial charge in [0, 0.05) is 16.5 Å². The lowest BCUT2D eigenvalue weighted by Gasteiger charge is -2.29. The number of nitrogens with zero attached hydrogens (tertiary/aromatic N) is 1. The number of hydrogen-bond donors (Lipinski definition) is 2. The number of fused-ring (bicyclic) bond motifs is 2. The highest BCUT2D eigenvalue weighted by molar-refractivity contribution is 8.00. The van der Waals surface area contributed by atoms with Gasteiger partial charge in [-0.2, -0.15) is 0 Å². The zero-order chi connectivity index (χ0) is 28.0. The minimum atomic E-state index is -0.662. The molecule has 10 heteroatoms. The molecule has 1 fully saturated rings. The number of H-pyrrole nitrogens is 1. The van der Waals surface area contributed by atoms with E-state index < -0.39 is 17.1 Å². The number of imide groups is 1. The zero-order valence-corrected chi connectivity index (χ0v) is 23.3. The van der Waals surface area contributed by atoms with E-state index >= 15 is 0 Å². The number of benzene rings is 3. The summed E-state index contributed by atoms with van der Waals surface area (Å²) in [6.07, 6.45) is 0. The van der Waals surface area contributed by atoms with Crippen LogP contribution in [0.25, 0.3) is 0 Å². The third-order valence-corrected chi connectivity index (χ3v) is 9.43. The summed E-state index contributed by atoms with van der Waals surface area (Å²) >= 11 is 2.32. The van der Waals surface area contributed by atoms with Gasteiger partial charge >= 0.3 is 4.87 Å². The van der Waals surface area contributed by atoms with Gasteiger partial charge < -0.3 is 15.0 Å². The maximum atomic E-state index is 13.8. The predicted octanol–water partition coefficient (Wildman–Crippen LogP) is 4.87. The first kappa shape index (κ1) is 26.1. The van der Waals surface area contributed by atoms with Gasteiger partial charge in [0.25, 0.3) is 5.91 Å². The minimum absolute atomic E-state index is 0.167. The average Bonchev–Trinajstić information content (AvgIpc) is 3.42. The lowest BCUT2D eigenvalue weighted by molar-refractivity contribution is -0.122. The number of thiazole rings is 1. The molecule has 6 rings (SSSR count). The number of aromatic amines is 1. The van der Waals surface area contributed by atoms with Gasteiger partial charge in [0.1, 0.15) is 11.0 Å². The Bertz CT molecular complexity index is 1680. The largest absolute Gasteiger partial charge is 0.484 e. The number of aryl methyl sites for hydroxylation is 2. The fraction of sp³-hybridized carbons (Fsp3) is 0.200. The molecule has 8 nitrogen and oxygen atoms in total. The van der Waals surface area contributed by atoms with Crippen LogP contribution in [-0.2, 0) is 14.4 Å². The van der Waals surface area contributed by atoms with Crippen molar-refractivity contribution in [3.05, 3.63) is 104 Å². The molecule has 1 saturated heterocycles. The summed E-state index contributed by atoms with van der Waals surface area (Å²) in [6.45, 7) is 3.73. The van der Waals surface area contributed by atoms with Gasteiger partial charge in [-0.3, -0.25) is 19.2 Å². The molecular formula is C30H25N3O5S2. The van der Waals surface area contributed by atoms with E-state index in [0.717, 1.165) is 32.9 Å². The molecule has 0 aliphatic carbocycles.